The van der Waals surface area contributed by atoms with Gasteiger partial charge in [-0.15, -0.1) is 0 Å². The topological polar surface area (TPSA) is 111 Å². The highest BCUT2D eigenvalue weighted by molar-refractivity contribution is 6.37. The van der Waals surface area contributed by atoms with E-state index in [0.717, 1.165) is 52.3 Å². The Morgan fingerprint density at radius 1 is 0.907 bits per heavy atom. The summed E-state index contributed by atoms with van der Waals surface area (Å²) < 4.78 is 13.9. The van der Waals surface area contributed by atoms with Gasteiger partial charge in [0.15, 0.2) is 0 Å². The quantitative estimate of drug-likeness (QED) is 0.123. The lowest BCUT2D eigenvalue weighted by molar-refractivity contribution is -0.116. The van der Waals surface area contributed by atoms with Gasteiger partial charge in [-0.2, -0.15) is 0 Å². The fourth-order valence-electron chi connectivity index (χ4n) is 6.29. The number of amides is 2. The number of rotatable bonds is 12. The van der Waals surface area contributed by atoms with Crippen LogP contribution in [0.3, 0.4) is 0 Å². The summed E-state index contributed by atoms with van der Waals surface area (Å²) in [5.74, 6) is 0.165. The number of anilines is 1. The van der Waals surface area contributed by atoms with Gasteiger partial charge < -0.3 is 29.6 Å². The van der Waals surface area contributed by atoms with Crippen molar-refractivity contribution >= 4 is 57.7 Å². The molecule has 1 saturated heterocycles. The van der Waals surface area contributed by atoms with E-state index in [0.29, 0.717) is 52.4 Å². The Balaban J connectivity index is 0.990. The van der Waals surface area contributed by atoms with Crippen molar-refractivity contribution in [2.24, 2.45) is 0 Å². The van der Waals surface area contributed by atoms with E-state index in [2.05, 4.69) is 32.7 Å². The number of hydrogen-bond donors (Lipinski definition) is 2. The van der Waals surface area contributed by atoms with Gasteiger partial charge in [0.1, 0.15) is 17.9 Å². The van der Waals surface area contributed by atoms with Gasteiger partial charge in [0.05, 0.1) is 42.7 Å². The number of fused-ring (bicyclic) bond motifs is 1. The molecule has 0 radical (unpaired) electrons. The zero-order valence-electron chi connectivity index (χ0n) is 29.6. The number of para-hydroxylation sites is 1. The van der Waals surface area contributed by atoms with Gasteiger partial charge in [-0.25, -0.2) is 4.98 Å². The fraction of sp³-hybridized carbons (Fsp3) is 0.190. The molecule has 2 amide bonds. The van der Waals surface area contributed by atoms with Crippen molar-refractivity contribution in [1.29, 1.82) is 0 Å². The minimum absolute atomic E-state index is 0.127. The predicted molar refractivity (Wildman–Crippen MR) is 212 cm³/mol. The molecule has 7 rings (SSSR count). The van der Waals surface area contributed by atoms with Crippen LogP contribution in [0.15, 0.2) is 109 Å². The van der Waals surface area contributed by atoms with Crippen LogP contribution in [0.1, 0.15) is 38.6 Å². The third-order valence-electron chi connectivity index (χ3n) is 9.09. The van der Waals surface area contributed by atoms with Crippen LogP contribution in [0.4, 0.5) is 5.69 Å². The third-order valence-corrected chi connectivity index (χ3v) is 9.87. The summed E-state index contributed by atoms with van der Waals surface area (Å²) >= 11 is 13.7. The van der Waals surface area contributed by atoms with Crippen LogP contribution in [0.5, 0.6) is 5.75 Å². The van der Waals surface area contributed by atoms with Gasteiger partial charge in [-0.1, -0.05) is 53.5 Å². The molecule has 2 N–H and O–H groups in total. The number of hydrogen-bond acceptors (Lipinski definition) is 7. The average Bonchev–Trinajstić information content (AvgIpc) is 3.67. The molecule has 0 saturated carbocycles. The molecule has 1 aliphatic heterocycles. The summed E-state index contributed by atoms with van der Waals surface area (Å²) in [5, 5.41) is 7.73. The van der Waals surface area contributed by atoms with Crippen LogP contribution in [0.25, 0.3) is 22.7 Å². The van der Waals surface area contributed by atoms with Crippen LogP contribution in [-0.2, 0) is 29.2 Å². The largest absolute Gasteiger partial charge is 0.487 e. The highest BCUT2D eigenvalue weighted by atomic mass is 35.5. The predicted octanol–water partition coefficient (Wildman–Crippen LogP) is 7.71. The first-order valence-electron chi connectivity index (χ1n) is 17.6. The van der Waals surface area contributed by atoms with E-state index < -0.39 is 0 Å². The van der Waals surface area contributed by atoms with E-state index in [-0.39, 0.29) is 25.0 Å². The number of benzene rings is 3. The lowest BCUT2D eigenvalue weighted by atomic mass is 10.1. The van der Waals surface area contributed by atoms with Crippen molar-refractivity contribution in [3.63, 3.8) is 0 Å². The van der Waals surface area contributed by atoms with E-state index in [1.807, 2.05) is 66.2 Å². The first-order chi connectivity index (χ1) is 26.3. The lowest BCUT2D eigenvalue weighted by Crippen LogP contribution is -2.36. The maximum atomic E-state index is 12.8. The molecule has 1 aliphatic rings. The molecule has 0 aliphatic carbocycles. The van der Waals surface area contributed by atoms with Crippen LogP contribution in [0.2, 0.25) is 10.0 Å². The minimum Gasteiger partial charge on any atom is -0.487 e. The second kappa shape index (κ2) is 17.0. The van der Waals surface area contributed by atoms with E-state index >= 15 is 0 Å². The normalized spacial score (nSPS) is 13.0. The van der Waals surface area contributed by atoms with E-state index in [1.165, 1.54) is 6.08 Å². The van der Waals surface area contributed by atoms with E-state index in [1.54, 1.807) is 42.6 Å². The molecule has 3 aromatic heterocycles. The first-order valence-corrected chi connectivity index (χ1v) is 18.3. The number of nitrogens with zero attached hydrogens (tertiary/aromatic N) is 4. The number of pyridine rings is 2. The summed E-state index contributed by atoms with van der Waals surface area (Å²) in [7, 11) is 0. The highest BCUT2D eigenvalue weighted by Crippen LogP contribution is 2.36. The van der Waals surface area contributed by atoms with Crippen molar-refractivity contribution in [2.45, 2.75) is 26.6 Å². The molecule has 12 heteroatoms. The molecular weight excluding hydrogens is 723 g/mol. The Morgan fingerprint density at radius 2 is 1.74 bits per heavy atom. The Hall–Kier alpha value is -5.68. The maximum absolute atomic E-state index is 12.8. The number of aromatic nitrogens is 3. The smallest absolute Gasteiger partial charge is 0.251 e. The Morgan fingerprint density at radius 3 is 2.54 bits per heavy atom. The molecular formula is C42H38Cl2N6O4. The average molecular weight is 762 g/mol. The Bertz CT molecular complexity index is 2300. The number of aryl methyl sites for hydroxylation is 1. The monoisotopic (exact) mass is 760 g/mol. The second-order valence-electron chi connectivity index (χ2n) is 12.7. The summed E-state index contributed by atoms with van der Waals surface area (Å²) in [5.41, 5.74) is 7.02. The van der Waals surface area contributed by atoms with Gasteiger partial charge in [0, 0.05) is 70.2 Å². The van der Waals surface area contributed by atoms with Crippen molar-refractivity contribution in [3.8, 4) is 11.4 Å². The van der Waals surface area contributed by atoms with Gasteiger partial charge in [0.25, 0.3) is 5.91 Å². The molecule has 0 spiro atoms. The standard InChI is InChI=1S/C42H38Cl2N6O4/c1-28-24-37(49-20-22-53-23-21-49)33-8-4-9-38(41(33)48-28)54-27-34-35(43)15-16-36(40(34)44)50-19-5-7-32(50)26-46-39(51)17-12-29-10-13-30(14-11-29)42(52)47-25-31-6-2-3-18-45-31/h2-19,24H,20-23,25-27H2,1H3,(H,46,51)(H,47,52)/b17-12+. The summed E-state index contributed by atoms with van der Waals surface area (Å²) in [6.45, 7) is 5.71. The molecule has 0 atom stereocenters. The first kappa shape index (κ1) is 36.7. The van der Waals surface area contributed by atoms with Gasteiger partial charge in [-0.05, 0) is 79.2 Å². The summed E-state index contributed by atoms with van der Waals surface area (Å²) in [6.07, 6.45) is 6.73. The van der Waals surface area contributed by atoms with Crippen LogP contribution >= 0.6 is 23.2 Å². The number of carbonyl (C=O) groups is 2. The Kier molecular flexibility index (Phi) is 11.5. The summed E-state index contributed by atoms with van der Waals surface area (Å²) in [6, 6.07) is 28.1. The van der Waals surface area contributed by atoms with E-state index in [4.69, 9.17) is 37.7 Å². The second-order valence-corrected chi connectivity index (χ2v) is 13.5. The van der Waals surface area contributed by atoms with Crippen LogP contribution in [0, 0.1) is 6.92 Å². The zero-order valence-corrected chi connectivity index (χ0v) is 31.1. The van der Waals surface area contributed by atoms with Gasteiger partial charge in [-0.3, -0.25) is 14.6 Å². The molecule has 3 aromatic carbocycles. The van der Waals surface area contributed by atoms with Crippen molar-refractivity contribution in [1.82, 2.24) is 25.2 Å². The van der Waals surface area contributed by atoms with Crippen molar-refractivity contribution in [3.05, 3.63) is 153 Å². The molecule has 6 aromatic rings. The Labute approximate surface area is 323 Å². The zero-order chi connectivity index (χ0) is 37.4. The number of nitrogens with one attached hydrogen (secondary N) is 2. The molecule has 10 nitrogen and oxygen atoms in total. The van der Waals surface area contributed by atoms with Gasteiger partial charge >= 0.3 is 0 Å². The third kappa shape index (κ3) is 8.58. The highest BCUT2D eigenvalue weighted by Gasteiger charge is 2.19. The molecule has 0 unspecified atom stereocenters. The molecule has 54 heavy (non-hydrogen) atoms. The van der Waals surface area contributed by atoms with Crippen LogP contribution in [-0.4, -0.2) is 52.7 Å². The summed E-state index contributed by atoms with van der Waals surface area (Å²) in [4.78, 5) is 36.7. The SMILES string of the molecule is Cc1cc(N2CCOCC2)c2cccc(OCc3c(Cl)ccc(-n4cccc4CNC(=O)/C=C/c4ccc(C(=O)NCc5ccccn5)cc4)c3Cl)c2n1. The maximum Gasteiger partial charge on any atom is 0.251 e. The number of morpholine rings is 1. The number of carbonyl (C=O) groups excluding carboxylic acids is 2. The molecule has 1 fully saturated rings. The molecule has 274 valence electrons. The van der Waals surface area contributed by atoms with Crippen molar-refractivity contribution in [2.75, 3.05) is 31.2 Å². The number of ether oxygens (including phenoxy) is 2. The van der Waals surface area contributed by atoms with Crippen LogP contribution < -0.4 is 20.3 Å². The van der Waals surface area contributed by atoms with Gasteiger partial charge in [0.2, 0.25) is 5.91 Å². The van der Waals surface area contributed by atoms with Crippen molar-refractivity contribution < 1.29 is 19.1 Å². The minimum atomic E-state index is -0.271. The number of halogens is 2. The lowest BCUT2D eigenvalue weighted by Gasteiger charge is -2.30. The molecule has 4 heterocycles. The van der Waals surface area contributed by atoms with E-state index in [9.17, 15) is 9.59 Å². The fourth-order valence-corrected chi connectivity index (χ4v) is 6.86. The molecule has 0 bridgehead atoms.